The second kappa shape index (κ2) is 6.70. The Hall–Kier alpha value is -0.900. The van der Waals surface area contributed by atoms with E-state index < -0.39 is 5.60 Å². The Balaban J connectivity index is 1.90. The van der Waals surface area contributed by atoms with E-state index in [-0.39, 0.29) is 6.23 Å². The first kappa shape index (κ1) is 15.5. The molecule has 0 aliphatic carbocycles. The second-order valence-electron chi connectivity index (χ2n) is 6.59. The lowest BCUT2D eigenvalue weighted by molar-refractivity contribution is -0.954. The van der Waals surface area contributed by atoms with Gasteiger partial charge in [-0.25, -0.2) is 0 Å². The molecule has 0 aromatic heterocycles. The summed E-state index contributed by atoms with van der Waals surface area (Å²) in [4.78, 5) is 1.52. The number of ether oxygens (including phenoxy) is 1. The van der Waals surface area contributed by atoms with Crippen LogP contribution in [0.5, 0.6) is 0 Å². The molecule has 0 spiro atoms. The van der Waals surface area contributed by atoms with Crippen LogP contribution in [0.3, 0.4) is 0 Å². The van der Waals surface area contributed by atoms with Crippen molar-refractivity contribution in [1.82, 2.24) is 0 Å². The molecule has 1 aromatic carbocycles. The van der Waals surface area contributed by atoms with Crippen molar-refractivity contribution in [2.75, 3.05) is 13.2 Å². The van der Waals surface area contributed by atoms with Crippen molar-refractivity contribution < 1.29 is 14.7 Å². The Morgan fingerprint density at radius 1 is 1.35 bits per heavy atom. The minimum Gasteiger partial charge on any atom is -0.390 e. The number of benzene rings is 1. The normalized spacial score (nSPS) is 24.8. The predicted molar refractivity (Wildman–Crippen MR) is 80.6 cm³/mol. The van der Waals surface area contributed by atoms with Gasteiger partial charge in [-0.05, 0) is 40.0 Å². The first-order valence-corrected chi connectivity index (χ1v) is 7.72. The molecule has 1 unspecified atom stereocenters. The van der Waals surface area contributed by atoms with E-state index in [2.05, 4.69) is 31.2 Å². The van der Waals surface area contributed by atoms with Crippen LogP contribution < -0.4 is 4.90 Å². The molecule has 1 aromatic rings. The van der Waals surface area contributed by atoms with Gasteiger partial charge in [-0.1, -0.05) is 30.3 Å². The molecule has 1 fully saturated rings. The molecular formula is C17H28NO2+. The fourth-order valence-corrected chi connectivity index (χ4v) is 3.00. The second-order valence-corrected chi connectivity index (χ2v) is 6.59. The zero-order chi connectivity index (χ0) is 14.6. The van der Waals surface area contributed by atoms with Gasteiger partial charge in [0, 0.05) is 5.56 Å². The van der Waals surface area contributed by atoms with E-state index in [0.29, 0.717) is 6.04 Å². The molecule has 112 valence electrons. The van der Waals surface area contributed by atoms with Gasteiger partial charge in [0.25, 0.3) is 0 Å². The van der Waals surface area contributed by atoms with E-state index in [0.717, 1.165) is 32.4 Å². The van der Waals surface area contributed by atoms with Gasteiger partial charge < -0.3 is 14.7 Å². The van der Waals surface area contributed by atoms with Gasteiger partial charge in [-0.3, -0.25) is 0 Å². The Morgan fingerprint density at radius 2 is 2.05 bits per heavy atom. The highest BCUT2D eigenvalue weighted by atomic mass is 16.5. The zero-order valence-electron chi connectivity index (χ0n) is 12.9. The van der Waals surface area contributed by atoms with Crippen LogP contribution in [0.25, 0.3) is 0 Å². The van der Waals surface area contributed by atoms with Gasteiger partial charge in [0.2, 0.25) is 6.23 Å². The van der Waals surface area contributed by atoms with Gasteiger partial charge in [-0.2, -0.15) is 0 Å². The van der Waals surface area contributed by atoms with E-state index in [1.807, 2.05) is 19.9 Å². The highest BCUT2D eigenvalue weighted by molar-refractivity contribution is 5.15. The van der Waals surface area contributed by atoms with Gasteiger partial charge in [-0.15, -0.1) is 0 Å². The summed E-state index contributed by atoms with van der Waals surface area (Å²) in [6, 6.07) is 11.1. The van der Waals surface area contributed by atoms with Crippen LogP contribution in [-0.2, 0) is 4.74 Å². The van der Waals surface area contributed by atoms with Crippen LogP contribution in [0.15, 0.2) is 30.3 Å². The molecular weight excluding hydrogens is 250 g/mol. The highest BCUT2D eigenvalue weighted by Gasteiger charge is 2.34. The Morgan fingerprint density at radius 3 is 2.70 bits per heavy atom. The van der Waals surface area contributed by atoms with Gasteiger partial charge in [0.05, 0.1) is 11.6 Å². The van der Waals surface area contributed by atoms with Crippen LogP contribution in [-0.4, -0.2) is 29.9 Å². The summed E-state index contributed by atoms with van der Waals surface area (Å²) in [5.74, 6) is 0. The average Bonchev–Trinajstić information content (AvgIpc) is 2.87. The minimum absolute atomic E-state index is 0.174. The van der Waals surface area contributed by atoms with E-state index in [9.17, 15) is 5.11 Å². The third-order valence-electron chi connectivity index (χ3n) is 4.17. The maximum Gasteiger partial charge on any atom is 0.218 e. The maximum absolute atomic E-state index is 9.79. The molecule has 3 nitrogen and oxygen atoms in total. The third kappa shape index (κ3) is 4.30. The van der Waals surface area contributed by atoms with E-state index in [1.54, 1.807) is 0 Å². The van der Waals surface area contributed by atoms with Crippen LogP contribution >= 0.6 is 0 Å². The molecule has 2 N–H and O–H groups in total. The average molecular weight is 278 g/mol. The van der Waals surface area contributed by atoms with Crippen LogP contribution in [0, 0.1) is 0 Å². The fraction of sp³-hybridized carbons (Fsp3) is 0.647. The van der Waals surface area contributed by atoms with E-state index >= 15 is 0 Å². The van der Waals surface area contributed by atoms with Crippen LogP contribution in [0.2, 0.25) is 0 Å². The lowest BCUT2D eigenvalue weighted by Crippen LogP contribution is -3.14. The monoisotopic (exact) mass is 278 g/mol. The molecule has 0 amide bonds. The molecule has 1 aliphatic heterocycles. The first-order chi connectivity index (χ1) is 9.47. The molecule has 1 aliphatic rings. The van der Waals surface area contributed by atoms with E-state index in [1.165, 1.54) is 10.5 Å². The Labute approximate surface area is 122 Å². The molecule has 2 rings (SSSR count). The summed E-state index contributed by atoms with van der Waals surface area (Å²) in [6.07, 6.45) is 3.23. The summed E-state index contributed by atoms with van der Waals surface area (Å²) in [5.41, 5.74) is 0.726. The van der Waals surface area contributed by atoms with Crippen LogP contribution in [0.4, 0.5) is 0 Å². The van der Waals surface area contributed by atoms with Crippen molar-refractivity contribution in [2.45, 2.75) is 57.9 Å². The minimum atomic E-state index is -0.546. The number of rotatable bonds is 6. The number of hydrogen-bond donors (Lipinski definition) is 2. The lowest BCUT2D eigenvalue weighted by Gasteiger charge is -2.27. The van der Waals surface area contributed by atoms with Gasteiger partial charge >= 0.3 is 0 Å². The molecule has 3 heteroatoms. The summed E-state index contributed by atoms with van der Waals surface area (Å²) < 4.78 is 5.93. The fourth-order valence-electron chi connectivity index (χ4n) is 3.00. The summed E-state index contributed by atoms with van der Waals surface area (Å²) in [7, 11) is 0. The predicted octanol–water partition coefficient (Wildman–Crippen LogP) is 1.93. The molecule has 0 radical (unpaired) electrons. The van der Waals surface area contributed by atoms with Crippen molar-refractivity contribution in [3.63, 3.8) is 0 Å². The molecule has 1 heterocycles. The van der Waals surface area contributed by atoms with E-state index in [4.69, 9.17) is 4.74 Å². The first-order valence-electron chi connectivity index (χ1n) is 7.72. The topological polar surface area (TPSA) is 33.9 Å². The quantitative estimate of drug-likeness (QED) is 0.834. The summed E-state index contributed by atoms with van der Waals surface area (Å²) in [6.45, 7) is 7.98. The number of nitrogens with one attached hydrogen (secondary N) is 1. The smallest absolute Gasteiger partial charge is 0.218 e. The van der Waals surface area contributed by atoms with Gasteiger partial charge in [0.15, 0.2) is 0 Å². The third-order valence-corrected chi connectivity index (χ3v) is 4.17. The molecule has 1 saturated heterocycles. The van der Waals surface area contributed by atoms with Crippen molar-refractivity contribution in [3.05, 3.63) is 35.9 Å². The standard InChI is InChI=1S/C17H27NO2/c1-14(8-7-11-17(2,3)19)18-12-13-20-16(18)15-9-5-4-6-10-15/h4-6,9-10,14,16,19H,7-8,11-13H2,1-3H3/p+1/t14-,16+/m0/s1. The molecule has 3 atom stereocenters. The SMILES string of the molecule is C[C@@H](CCCC(C)(C)O)[NH+]1CCO[C@@H]1c1ccccc1. The number of aliphatic hydroxyl groups is 1. The molecule has 20 heavy (non-hydrogen) atoms. The molecule has 0 bridgehead atoms. The van der Waals surface area contributed by atoms with Crippen molar-refractivity contribution in [3.8, 4) is 0 Å². The Bertz CT molecular complexity index is 399. The van der Waals surface area contributed by atoms with Crippen LogP contribution in [0.1, 0.15) is 51.8 Å². The van der Waals surface area contributed by atoms with Crippen molar-refractivity contribution >= 4 is 0 Å². The summed E-state index contributed by atoms with van der Waals surface area (Å²) >= 11 is 0. The van der Waals surface area contributed by atoms with Crippen molar-refractivity contribution in [2.24, 2.45) is 0 Å². The lowest BCUT2D eigenvalue weighted by atomic mass is 9.99. The molecule has 0 saturated carbocycles. The summed E-state index contributed by atoms with van der Waals surface area (Å²) in [5, 5.41) is 9.79. The van der Waals surface area contributed by atoms with Crippen molar-refractivity contribution in [1.29, 1.82) is 0 Å². The number of quaternary nitrogens is 1. The maximum atomic E-state index is 9.79. The highest BCUT2D eigenvalue weighted by Crippen LogP contribution is 2.16. The van der Waals surface area contributed by atoms with Gasteiger partial charge in [0.1, 0.15) is 13.2 Å². The zero-order valence-corrected chi connectivity index (χ0v) is 12.9. The number of hydrogen-bond acceptors (Lipinski definition) is 2. The largest absolute Gasteiger partial charge is 0.390 e. The Kier molecular flexibility index (Phi) is 5.19.